The van der Waals surface area contributed by atoms with Crippen molar-refractivity contribution >= 4 is 0 Å². The van der Waals surface area contributed by atoms with Crippen LogP contribution < -0.4 is 0 Å². The lowest BCUT2D eigenvalue weighted by Gasteiger charge is -1.94. The molecular formula is C9H5N2. The van der Waals surface area contributed by atoms with Gasteiger partial charge < -0.3 is 0 Å². The summed E-state index contributed by atoms with van der Waals surface area (Å²) in [4.78, 5) is 0. The van der Waals surface area contributed by atoms with Crippen molar-refractivity contribution in [2.24, 2.45) is 0 Å². The molecule has 11 heavy (non-hydrogen) atoms. The average Bonchev–Trinajstić information content (AvgIpc) is 2.04. The van der Waals surface area contributed by atoms with Crippen molar-refractivity contribution in [3.8, 4) is 12.1 Å². The Morgan fingerprint density at radius 2 is 1.91 bits per heavy atom. The van der Waals surface area contributed by atoms with Gasteiger partial charge in [0, 0.05) is 0 Å². The van der Waals surface area contributed by atoms with Gasteiger partial charge >= 0.3 is 0 Å². The molecule has 2 nitrogen and oxygen atoms in total. The Bertz CT molecular complexity index is 353. The highest BCUT2D eigenvalue weighted by Crippen LogP contribution is 2.08. The first-order valence-corrected chi connectivity index (χ1v) is 3.04. The van der Waals surface area contributed by atoms with Crippen LogP contribution in [0.15, 0.2) is 18.2 Å². The number of nitriles is 2. The molecular weight excluding hydrogens is 136 g/mol. The third-order valence-electron chi connectivity index (χ3n) is 1.35. The monoisotopic (exact) mass is 141 g/mol. The maximum atomic E-state index is 8.51. The van der Waals surface area contributed by atoms with Crippen LogP contribution in [-0.2, 0) is 0 Å². The lowest BCUT2D eigenvalue weighted by atomic mass is 10.1. The van der Waals surface area contributed by atoms with Gasteiger partial charge in [-0.25, -0.2) is 0 Å². The molecule has 2 heteroatoms. The Balaban J connectivity index is 3.25. The van der Waals surface area contributed by atoms with Gasteiger partial charge in [-0.05, 0) is 30.7 Å². The van der Waals surface area contributed by atoms with Crippen LogP contribution in [0.25, 0.3) is 0 Å². The molecule has 0 saturated heterocycles. The van der Waals surface area contributed by atoms with Gasteiger partial charge in [0.1, 0.15) is 0 Å². The summed E-state index contributed by atoms with van der Waals surface area (Å²) in [5.74, 6) is 0. The molecule has 0 aliphatic carbocycles. The van der Waals surface area contributed by atoms with Crippen molar-refractivity contribution in [1.29, 1.82) is 10.5 Å². The van der Waals surface area contributed by atoms with E-state index in [9.17, 15) is 0 Å². The molecule has 1 aromatic carbocycles. The van der Waals surface area contributed by atoms with E-state index in [4.69, 9.17) is 10.5 Å². The summed E-state index contributed by atoms with van der Waals surface area (Å²) in [6.07, 6.45) is 0. The standard InChI is InChI=1S/C9H5N2/c1-7-4-8(5-10)2-3-9(7)6-11/h2-4H,1H2. The predicted molar refractivity (Wildman–Crippen MR) is 40.3 cm³/mol. The second-order valence-electron chi connectivity index (χ2n) is 2.10. The second kappa shape index (κ2) is 2.86. The summed E-state index contributed by atoms with van der Waals surface area (Å²) < 4.78 is 0. The minimum atomic E-state index is 0.518. The first kappa shape index (κ1) is 7.31. The van der Waals surface area contributed by atoms with E-state index < -0.39 is 0 Å². The van der Waals surface area contributed by atoms with E-state index in [1.54, 1.807) is 18.2 Å². The molecule has 0 spiro atoms. The summed E-state index contributed by atoms with van der Waals surface area (Å²) in [7, 11) is 0. The first-order chi connectivity index (χ1) is 5.27. The molecule has 1 aromatic rings. The van der Waals surface area contributed by atoms with E-state index in [0.717, 1.165) is 0 Å². The van der Waals surface area contributed by atoms with E-state index in [2.05, 4.69) is 6.92 Å². The summed E-state index contributed by atoms with van der Waals surface area (Å²) in [5.41, 5.74) is 1.66. The summed E-state index contributed by atoms with van der Waals surface area (Å²) >= 11 is 0. The van der Waals surface area contributed by atoms with E-state index >= 15 is 0 Å². The Morgan fingerprint density at radius 1 is 1.18 bits per heavy atom. The average molecular weight is 141 g/mol. The molecule has 0 fully saturated rings. The van der Waals surface area contributed by atoms with Crippen molar-refractivity contribution in [2.45, 2.75) is 0 Å². The predicted octanol–water partition coefficient (Wildman–Crippen LogP) is 1.61. The van der Waals surface area contributed by atoms with Crippen LogP contribution in [0.5, 0.6) is 0 Å². The maximum Gasteiger partial charge on any atom is 0.0994 e. The molecule has 0 heterocycles. The van der Waals surface area contributed by atoms with E-state index in [-0.39, 0.29) is 0 Å². The van der Waals surface area contributed by atoms with Crippen molar-refractivity contribution in [1.82, 2.24) is 0 Å². The van der Waals surface area contributed by atoms with Crippen molar-refractivity contribution < 1.29 is 0 Å². The SMILES string of the molecule is [CH2]c1cc(C#N)ccc1C#N. The number of hydrogen-bond acceptors (Lipinski definition) is 2. The molecule has 0 unspecified atom stereocenters. The van der Waals surface area contributed by atoms with Crippen LogP contribution in [0.1, 0.15) is 16.7 Å². The molecule has 0 aliphatic rings. The number of benzene rings is 1. The normalized spacial score (nSPS) is 8.27. The van der Waals surface area contributed by atoms with Gasteiger partial charge in [0.05, 0.1) is 23.3 Å². The van der Waals surface area contributed by atoms with Crippen LogP contribution in [0.2, 0.25) is 0 Å². The molecule has 1 radical (unpaired) electrons. The van der Waals surface area contributed by atoms with Gasteiger partial charge in [-0.15, -0.1) is 0 Å². The second-order valence-corrected chi connectivity index (χ2v) is 2.10. The van der Waals surface area contributed by atoms with Crippen LogP contribution in [0, 0.1) is 29.6 Å². The quantitative estimate of drug-likeness (QED) is 0.551. The molecule has 0 bridgehead atoms. The lowest BCUT2D eigenvalue weighted by Crippen LogP contribution is -1.82. The molecule has 0 atom stereocenters. The zero-order valence-electron chi connectivity index (χ0n) is 5.83. The summed E-state index contributed by atoms with van der Waals surface area (Å²) in [6.45, 7) is 3.63. The zero-order chi connectivity index (χ0) is 8.27. The summed E-state index contributed by atoms with van der Waals surface area (Å²) in [6, 6.07) is 8.74. The van der Waals surface area contributed by atoms with E-state index in [1.807, 2.05) is 12.1 Å². The fraction of sp³-hybridized carbons (Fsp3) is 0. The molecule has 0 aliphatic heterocycles. The van der Waals surface area contributed by atoms with Gasteiger partial charge in [-0.2, -0.15) is 10.5 Å². The Kier molecular flexibility index (Phi) is 1.90. The van der Waals surface area contributed by atoms with Crippen molar-refractivity contribution in [3.63, 3.8) is 0 Å². The van der Waals surface area contributed by atoms with Crippen molar-refractivity contribution in [3.05, 3.63) is 41.8 Å². The molecule has 1 rings (SSSR count). The number of hydrogen-bond donors (Lipinski definition) is 0. The third kappa shape index (κ3) is 1.36. The smallest absolute Gasteiger partial charge is 0.0994 e. The highest BCUT2D eigenvalue weighted by atomic mass is 14.3. The molecule has 0 saturated carbocycles. The van der Waals surface area contributed by atoms with Crippen LogP contribution in [0.3, 0.4) is 0 Å². The highest BCUT2D eigenvalue weighted by molar-refractivity contribution is 5.45. The Hall–Kier alpha value is -1.80. The van der Waals surface area contributed by atoms with Crippen LogP contribution in [-0.4, -0.2) is 0 Å². The molecule has 51 valence electrons. The van der Waals surface area contributed by atoms with Gasteiger partial charge in [0.25, 0.3) is 0 Å². The van der Waals surface area contributed by atoms with Crippen LogP contribution >= 0.6 is 0 Å². The highest BCUT2D eigenvalue weighted by Gasteiger charge is 1.96. The maximum absolute atomic E-state index is 8.51. The molecule has 0 amide bonds. The number of rotatable bonds is 0. The van der Waals surface area contributed by atoms with Gasteiger partial charge in [0.2, 0.25) is 0 Å². The molecule has 0 N–H and O–H groups in total. The van der Waals surface area contributed by atoms with E-state index in [1.165, 1.54) is 0 Å². The fourth-order valence-corrected chi connectivity index (χ4v) is 0.772. The lowest BCUT2D eigenvalue weighted by molar-refractivity contribution is 1.43. The van der Waals surface area contributed by atoms with Crippen molar-refractivity contribution in [2.75, 3.05) is 0 Å². The fourth-order valence-electron chi connectivity index (χ4n) is 0.772. The first-order valence-electron chi connectivity index (χ1n) is 3.04. The topological polar surface area (TPSA) is 47.6 Å². The molecule has 0 aromatic heterocycles. The third-order valence-corrected chi connectivity index (χ3v) is 1.35. The van der Waals surface area contributed by atoms with E-state index in [0.29, 0.717) is 16.7 Å². The van der Waals surface area contributed by atoms with Gasteiger partial charge in [0.15, 0.2) is 0 Å². The van der Waals surface area contributed by atoms with Gasteiger partial charge in [-0.3, -0.25) is 0 Å². The minimum Gasteiger partial charge on any atom is -0.192 e. The van der Waals surface area contributed by atoms with Gasteiger partial charge in [-0.1, -0.05) is 0 Å². The summed E-state index contributed by atoms with van der Waals surface area (Å²) in [5, 5.41) is 17.0. The number of nitrogens with zero attached hydrogens (tertiary/aromatic N) is 2. The largest absolute Gasteiger partial charge is 0.192 e. The Labute approximate surface area is 65.3 Å². The zero-order valence-corrected chi connectivity index (χ0v) is 5.83. The Morgan fingerprint density at radius 3 is 2.36 bits per heavy atom. The minimum absolute atomic E-state index is 0.518. The van der Waals surface area contributed by atoms with Crippen LogP contribution in [0.4, 0.5) is 0 Å².